The van der Waals surface area contributed by atoms with Gasteiger partial charge in [-0.1, -0.05) is 0 Å². The average Bonchev–Trinajstić information content (AvgIpc) is 2.05. The molecule has 0 bridgehead atoms. The van der Waals surface area contributed by atoms with Crippen LogP contribution in [0.2, 0.25) is 0 Å². The summed E-state index contributed by atoms with van der Waals surface area (Å²) in [5.74, 6) is -1.77. The van der Waals surface area contributed by atoms with Crippen LogP contribution in [0.5, 0.6) is 0 Å². The molecule has 0 saturated carbocycles. The second kappa shape index (κ2) is 16.0. The van der Waals surface area contributed by atoms with E-state index in [1.165, 1.54) is 6.07 Å². The van der Waals surface area contributed by atoms with Gasteiger partial charge in [-0.05, 0) is 6.92 Å². The second-order valence-corrected chi connectivity index (χ2v) is 1.85. The number of hydrogen-bond acceptors (Lipinski definition) is 6. The van der Waals surface area contributed by atoms with Crippen molar-refractivity contribution in [2.24, 2.45) is 0 Å². The van der Waals surface area contributed by atoms with Gasteiger partial charge in [0.15, 0.2) is 0 Å². The van der Waals surface area contributed by atoms with Crippen LogP contribution in [-0.2, 0) is 14.3 Å². The van der Waals surface area contributed by atoms with Crippen molar-refractivity contribution in [3.8, 4) is 12.1 Å². The number of carbonyl (C=O) groups excluding carboxylic acids is 2. The Hall–Kier alpha value is -0.444. The Morgan fingerprint density at radius 1 is 1.27 bits per heavy atom. The van der Waals surface area contributed by atoms with Gasteiger partial charge in [-0.2, -0.15) is 10.5 Å². The molecule has 0 saturated heterocycles. The van der Waals surface area contributed by atoms with Crippen LogP contribution in [-0.4, -0.2) is 18.5 Å². The predicted octanol–water partition coefficient (Wildman–Crippen LogP) is -3.88. The van der Waals surface area contributed by atoms with Crippen LogP contribution in [0, 0.1) is 22.7 Å². The molecule has 0 aliphatic heterocycles. The first-order valence-corrected chi connectivity index (χ1v) is 3.67. The van der Waals surface area contributed by atoms with E-state index in [0.29, 0.717) is 6.61 Å². The number of rotatable bonds is 3. The molecule has 0 spiro atoms. The summed E-state index contributed by atoms with van der Waals surface area (Å²) in [4.78, 5) is 19.5. The van der Waals surface area contributed by atoms with E-state index in [1.807, 2.05) is 0 Å². The SMILES string of the molecule is CCOC(=O)CC#N.N#CCC(=O)[O-].[K+]. The molecule has 0 radical (unpaired) electrons. The molecular formula is C8H9KN2O4. The Kier molecular flexibility index (Phi) is 21.4. The van der Waals surface area contributed by atoms with E-state index in [9.17, 15) is 14.7 Å². The topological polar surface area (TPSA) is 114 Å². The molecule has 0 aromatic carbocycles. The number of hydrogen-bond donors (Lipinski definition) is 0. The van der Waals surface area contributed by atoms with Crippen molar-refractivity contribution in [3.05, 3.63) is 0 Å². The third-order valence-corrected chi connectivity index (χ3v) is 0.752. The van der Waals surface area contributed by atoms with Crippen LogP contribution in [0.1, 0.15) is 19.8 Å². The number of nitrogens with zero attached hydrogens (tertiary/aromatic N) is 2. The van der Waals surface area contributed by atoms with Crippen molar-refractivity contribution in [1.82, 2.24) is 0 Å². The van der Waals surface area contributed by atoms with E-state index in [1.54, 1.807) is 13.0 Å². The van der Waals surface area contributed by atoms with E-state index in [2.05, 4.69) is 4.74 Å². The fourth-order valence-electron chi connectivity index (χ4n) is 0.341. The normalized spacial score (nSPS) is 6.60. The average molecular weight is 236 g/mol. The van der Waals surface area contributed by atoms with Crippen LogP contribution in [0.3, 0.4) is 0 Å². The van der Waals surface area contributed by atoms with Gasteiger partial charge in [0.1, 0.15) is 6.42 Å². The zero-order chi connectivity index (χ0) is 11.4. The van der Waals surface area contributed by atoms with Crippen molar-refractivity contribution < 1.29 is 70.8 Å². The van der Waals surface area contributed by atoms with E-state index in [4.69, 9.17) is 10.5 Å². The number of ether oxygens (including phenoxy) is 1. The molecule has 0 unspecified atom stereocenters. The van der Waals surface area contributed by atoms with Gasteiger partial charge in [0.2, 0.25) is 0 Å². The number of esters is 1. The summed E-state index contributed by atoms with van der Waals surface area (Å²) in [6, 6.07) is 3.08. The Morgan fingerprint density at radius 2 is 1.73 bits per heavy atom. The summed E-state index contributed by atoms with van der Waals surface area (Å²) in [6.07, 6.45) is -0.659. The Morgan fingerprint density at radius 3 is 1.93 bits per heavy atom. The summed E-state index contributed by atoms with van der Waals surface area (Å²) < 4.78 is 4.42. The molecule has 0 aromatic rings. The number of aliphatic carboxylic acids is 1. The van der Waals surface area contributed by atoms with Gasteiger partial charge in [-0.3, -0.25) is 4.79 Å². The first-order valence-electron chi connectivity index (χ1n) is 3.67. The third kappa shape index (κ3) is 24.7. The molecule has 7 heteroatoms. The molecule has 0 N–H and O–H groups in total. The van der Waals surface area contributed by atoms with Crippen LogP contribution in [0.25, 0.3) is 0 Å². The summed E-state index contributed by atoms with van der Waals surface area (Å²) in [5, 5.41) is 24.7. The molecular weight excluding hydrogens is 227 g/mol. The molecule has 15 heavy (non-hydrogen) atoms. The van der Waals surface area contributed by atoms with E-state index >= 15 is 0 Å². The number of carboxylic acid groups (broad SMARTS) is 1. The van der Waals surface area contributed by atoms with Gasteiger partial charge < -0.3 is 14.6 Å². The minimum Gasteiger partial charge on any atom is -0.549 e. The minimum absolute atomic E-state index is 0. The Bertz CT molecular complexity index is 267. The third-order valence-electron chi connectivity index (χ3n) is 0.752. The molecule has 6 nitrogen and oxygen atoms in total. The van der Waals surface area contributed by atoms with Crippen molar-refractivity contribution in [3.63, 3.8) is 0 Å². The summed E-state index contributed by atoms with van der Waals surface area (Å²) in [6.45, 7) is 2.05. The molecule has 0 aliphatic rings. The fraction of sp³-hybridized carbons (Fsp3) is 0.500. The van der Waals surface area contributed by atoms with E-state index in [0.717, 1.165) is 0 Å². The van der Waals surface area contributed by atoms with Gasteiger partial charge >= 0.3 is 57.4 Å². The van der Waals surface area contributed by atoms with Crippen molar-refractivity contribution >= 4 is 11.9 Å². The van der Waals surface area contributed by atoms with Gasteiger partial charge in [-0.15, -0.1) is 0 Å². The monoisotopic (exact) mass is 236 g/mol. The molecule has 0 amide bonds. The molecule has 0 heterocycles. The summed E-state index contributed by atoms with van der Waals surface area (Å²) >= 11 is 0. The zero-order valence-electron chi connectivity index (χ0n) is 8.65. The minimum atomic E-state index is -1.32. The van der Waals surface area contributed by atoms with Crippen molar-refractivity contribution in [2.45, 2.75) is 19.8 Å². The van der Waals surface area contributed by atoms with Crippen LogP contribution in [0.15, 0.2) is 0 Å². The number of nitriles is 2. The molecule has 0 aromatic heterocycles. The predicted molar refractivity (Wildman–Crippen MR) is 42.1 cm³/mol. The Balaban J connectivity index is -0.000000187. The second-order valence-electron chi connectivity index (χ2n) is 1.85. The molecule has 0 rings (SSSR count). The van der Waals surface area contributed by atoms with Gasteiger partial charge in [0.05, 0.1) is 31.1 Å². The van der Waals surface area contributed by atoms with E-state index in [-0.39, 0.29) is 57.8 Å². The maximum atomic E-state index is 10.2. The summed E-state index contributed by atoms with van der Waals surface area (Å²) in [5.41, 5.74) is 0. The quantitative estimate of drug-likeness (QED) is 0.365. The largest absolute Gasteiger partial charge is 1.00 e. The zero-order valence-corrected chi connectivity index (χ0v) is 11.8. The van der Waals surface area contributed by atoms with E-state index < -0.39 is 18.4 Å². The fourth-order valence-corrected chi connectivity index (χ4v) is 0.341. The first-order chi connectivity index (χ1) is 6.58. The van der Waals surface area contributed by atoms with Gasteiger partial charge in [-0.25, -0.2) is 0 Å². The van der Waals surface area contributed by atoms with Crippen LogP contribution < -0.4 is 56.5 Å². The number of carboxylic acids is 1. The smallest absolute Gasteiger partial charge is 0.549 e. The maximum Gasteiger partial charge on any atom is 1.00 e. The Labute approximate surface area is 130 Å². The van der Waals surface area contributed by atoms with Crippen molar-refractivity contribution in [1.29, 1.82) is 10.5 Å². The first kappa shape index (κ1) is 20.0. The number of carbonyl (C=O) groups is 2. The van der Waals surface area contributed by atoms with Crippen molar-refractivity contribution in [2.75, 3.05) is 6.61 Å². The molecule has 0 atom stereocenters. The van der Waals surface area contributed by atoms with Crippen LogP contribution in [0.4, 0.5) is 0 Å². The van der Waals surface area contributed by atoms with Gasteiger partial charge in [0, 0.05) is 0 Å². The van der Waals surface area contributed by atoms with Gasteiger partial charge in [0.25, 0.3) is 0 Å². The van der Waals surface area contributed by atoms with Crippen LogP contribution >= 0.6 is 0 Å². The summed E-state index contributed by atoms with van der Waals surface area (Å²) in [7, 11) is 0. The molecule has 0 aliphatic carbocycles. The molecule has 0 fully saturated rings. The molecule has 76 valence electrons. The maximum absolute atomic E-state index is 10.2. The standard InChI is InChI=1S/C5H7NO2.C3H3NO2.K/c1-2-8-5(7)3-4-6;4-2-1-3(5)6;/h2-3H2,1H3;1H2,(H,5,6);/q;;+1/p-1.